The van der Waals surface area contributed by atoms with E-state index >= 15 is 0 Å². The molecule has 0 aliphatic carbocycles. The maximum absolute atomic E-state index is 10.4. The molecule has 0 heterocycles. The first-order valence-corrected chi connectivity index (χ1v) is 5.83. The van der Waals surface area contributed by atoms with Gasteiger partial charge in [0, 0.05) is 17.7 Å². The van der Waals surface area contributed by atoms with Crippen LogP contribution in [0.5, 0.6) is 0 Å². The maximum atomic E-state index is 10.4. The Morgan fingerprint density at radius 3 is 2.46 bits per heavy atom. The lowest BCUT2D eigenvalue weighted by atomic mass is 10.0. The Morgan fingerprint density at radius 1 is 1.31 bits per heavy atom. The van der Waals surface area contributed by atoms with Gasteiger partial charge in [-0.05, 0) is 25.0 Å². The minimum Gasteiger partial charge on any atom is -0.330 e. The molecule has 2 unspecified atom stereocenters. The number of carbonyl (C=O) groups excluding carboxylic acids is 1. The fraction of sp³-hybridized carbons (Fsp3) is 0.889. The van der Waals surface area contributed by atoms with Crippen molar-refractivity contribution in [3.63, 3.8) is 0 Å². The molecule has 0 aromatic heterocycles. The van der Waals surface area contributed by atoms with Crippen molar-refractivity contribution in [3.05, 3.63) is 0 Å². The summed E-state index contributed by atoms with van der Waals surface area (Å²) in [5.41, 5.74) is 5.40. The fourth-order valence-electron chi connectivity index (χ4n) is 1.15. The van der Waals surface area contributed by atoms with Gasteiger partial charge >= 0.3 is 0 Å². The summed E-state index contributed by atoms with van der Waals surface area (Å²) >= 11 is 8.54. The summed E-state index contributed by atoms with van der Waals surface area (Å²) in [6, 6.07) is 0. The van der Waals surface area contributed by atoms with Gasteiger partial charge in [-0.1, -0.05) is 6.42 Å². The molecule has 0 amide bonds. The number of rotatable bonds is 8. The molecule has 0 rings (SSSR count). The molecular weight excluding hydrogens is 202 g/mol. The standard InChI is InChI=1S/C9H19NOS2/c10-6-8(7-11)2-1-3-9(13)4-5-12/h7-9,12-13H,1-6,10H2. The van der Waals surface area contributed by atoms with E-state index < -0.39 is 0 Å². The molecule has 0 aliphatic rings. The summed E-state index contributed by atoms with van der Waals surface area (Å²) in [4.78, 5) is 10.4. The second-order valence-corrected chi connectivity index (χ2v) is 4.41. The number of hydrogen-bond donors (Lipinski definition) is 3. The maximum Gasteiger partial charge on any atom is 0.124 e. The fourth-order valence-corrected chi connectivity index (χ4v) is 1.98. The van der Waals surface area contributed by atoms with E-state index in [4.69, 9.17) is 5.73 Å². The Labute approximate surface area is 91.5 Å². The van der Waals surface area contributed by atoms with Crippen molar-refractivity contribution >= 4 is 31.5 Å². The van der Waals surface area contributed by atoms with Crippen LogP contribution in [0.2, 0.25) is 0 Å². The van der Waals surface area contributed by atoms with Gasteiger partial charge in [0.25, 0.3) is 0 Å². The van der Waals surface area contributed by atoms with Gasteiger partial charge in [0.05, 0.1) is 0 Å². The lowest BCUT2D eigenvalue weighted by Gasteiger charge is -2.10. The molecule has 0 aliphatic heterocycles. The summed E-state index contributed by atoms with van der Waals surface area (Å²) in [7, 11) is 0. The van der Waals surface area contributed by atoms with Crippen LogP contribution < -0.4 is 5.73 Å². The van der Waals surface area contributed by atoms with Crippen molar-refractivity contribution < 1.29 is 4.79 Å². The van der Waals surface area contributed by atoms with Crippen LogP contribution in [-0.2, 0) is 4.79 Å². The first-order chi connectivity index (χ1) is 6.24. The minimum atomic E-state index is 0.0385. The smallest absolute Gasteiger partial charge is 0.124 e. The molecule has 4 heteroatoms. The van der Waals surface area contributed by atoms with E-state index in [1.807, 2.05) is 0 Å². The highest BCUT2D eigenvalue weighted by atomic mass is 32.1. The average molecular weight is 221 g/mol. The zero-order chi connectivity index (χ0) is 10.1. The van der Waals surface area contributed by atoms with Crippen LogP contribution in [0.25, 0.3) is 0 Å². The highest BCUT2D eigenvalue weighted by Gasteiger charge is 2.06. The van der Waals surface area contributed by atoms with E-state index in [2.05, 4.69) is 25.3 Å². The van der Waals surface area contributed by atoms with E-state index in [-0.39, 0.29) is 5.92 Å². The molecule has 0 saturated heterocycles. The van der Waals surface area contributed by atoms with E-state index in [1.165, 1.54) is 0 Å². The van der Waals surface area contributed by atoms with Crippen LogP contribution in [0, 0.1) is 5.92 Å². The SMILES string of the molecule is NCC(C=O)CCCC(S)CCS. The molecule has 2 nitrogen and oxygen atoms in total. The Balaban J connectivity index is 3.37. The van der Waals surface area contributed by atoms with E-state index in [0.717, 1.165) is 37.7 Å². The number of hydrogen-bond acceptors (Lipinski definition) is 4. The van der Waals surface area contributed by atoms with Gasteiger partial charge < -0.3 is 10.5 Å². The second-order valence-electron chi connectivity index (χ2n) is 3.23. The van der Waals surface area contributed by atoms with Gasteiger partial charge in [-0.2, -0.15) is 25.3 Å². The highest BCUT2D eigenvalue weighted by Crippen LogP contribution is 2.13. The van der Waals surface area contributed by atoms with Crippen molar-refractivity contribution in [1.29, 1.82) is 0 Å². The first-order valence-electron chi connectivity index (χ1n) is 4.68. The molecule has 13 heavy (non-hydrogen) atoms. The molecule has 0 bridgehead atoms. The van der Waals surface area contributed by atoms with E-state index in [0.29, 0.717) is 11.8 Å². The minimum absolute atomic E-state index is 0.0385. The second kappa shape index (κ2) is 8.91. The zero-order valence-corrected chi connectivity index (χ0v) is 9.64. The topological polar surface area (TPSA) is 43.1 Å². The molecule has 0 aromatic carbocycles. The van der Waals surface area contributed by atoms with Crippen LogP contribution >= 0.6 is 25.3 Å². The molecule has 0 radical (unpaired) electrons. The molecule has 0 fully saturated rings. The van der Waals surface area contributed by atoms with Gasteiger partial charge in [-0.3, -0.25) is 0 Å². The van der Waals surface area contributed by atoms with Gasteiger partial charge in [0.15, 0.2) is 0 Å². The quantitative estimate of drug-likeness (QED) is 0.430. The first kappa shape index (κ1) is 13.3. The predicted molar refractivity (Wildman–Crippen MR) is 63.7 cm³/mol. The summed E-state index contributed by atoms with van der Waals surface area (Å²) < 4.78 is 0. The van der Waals surface area contributed by atoms with Gasteiger partial charge in [0.2, 0.25) is 0 Å². The van der Waals surface area contributed by atoms with Crippen molar-refractivity contribution in [2.75, 3.05) is 12.3 Å². The largest absolute Gasteiger partial charge is 0.330 e. The Hall–Kier alpha value is 0.330. The summed E-state index contributed by atoms with van der Waals surface area (Å²) in [6.45, 7) is 0.466. The molecule has 0 aromatic rings. The summed E-state index contributed by atoms with van der Waals surface area (Å²) in [5.74, 6) is 0.916. The van der Waals surface area contributed by atoms with Crippen molar-refractivity contribution in [3.8, 4) is 0 Å². The third-order valence-electron chi connectivity index (χ3n) is 2.07. The van der Waals surface area contributed by atoms with Gasteiger partial charge in [-0.25, -0.2) is 0 Å². The third-order valence-corrected chi connectivity index (χ3v) is 2.84. The monoisotopic (exact) mass is 221 g/mol. The van der Waals surface area contributed by atoms with E-state index in [9.17, 15) is 4.79 Å². The molecule has 0 spiro atoms. The highest BCUT2D eigenvalue weighted by molar-refractivity contribution is 7.81. The lowest BCUT2D eigenvalue weighted by Crippen LogP contribution is -2.15. The van der Waals surface area contributed by atoms with Crippen LogP contribution in [0.3, 0.4) is 0 Å². The number of carbonyl (C=O) groups is 1. The molecule has 0 saturated carbocycles. The van der Waals surface area contributed by atoms with E-state index in [1.54, 1.807) is 0 Å². The Morgan fingerprint density at radius 2 is 2.00 bits per heavy atom. The Kier molecular flexibility index (Phi) is 9.13. The number of thiol groups is 2. The van der Waals surface area contributed by atoms with Crippen LogP contribution in [-0.4, -0.2) is 23.8 Å². The van der Waals surface area contributed by atoms with Crippen molar-refractivity contribution in [1.82, 2.24) is 0 Å². The normalized spacial score (nSPS) is 15.3. The molecule has 78 valence electrons. The average Bonchev–Trinajstić information content (AvgIpc) is 2.13. The van der Waals surface area contributed by atoms with Gasteiger partial charge in [-0.15, -0.1) is 0 Å². The predicted octanol–water partition coefficient (Wildman–Crippen LogP) is 1.55. The third kappa shape index (κ3) is 7.40. The number of aldehydes is 1. The van der Waals surface area contributed by atoms with Gasteiger partial charge in [0.1, 0.15) is 6.29 Å². The lowest BCUT2D eigenvalue weighted by molar-refractivity contribution is -0.111. The summed E-state index contributed by atoms with van der Waals surface area (Å²) in [6.07, 6.45) is 4.95. The zero-order valence-electron chi connectivity index (χ0n) is 7.85. The molecule has 2 atom stereocenters. The van der Waals surface area contributed by atoms with Crippen LogP contribution in [0.4, 0.5) is 0 Å². The Bertz CT molecular complexity index is 133. The molecular formula is C9H19NOS2. The van der Waals surface area contributed by atoms with Crippen molar-refractivity contribution in [2.24, 2.45) is 11.7 Å². The summed E-state index contributed by atoms with van der Waals surface area (Å²) in [5, 5.41) is 0.419. The van der Waals surface area contributed by atoms with Crippen molar-refractivity contribution in [2.45, 2.75) is 30.9 Å². The molecule has 2 N–H and O–H groups in total. The van der Waals surface area contributed by atoms with Crippen LogP contribution in [0.15, 0.2) is 0 Å². The van der Waals surface area contributed by atoms with Crippen LogP contribution in [0.1, 0.15) is 25.7 Å². The number of nitrogens with two attached hydrogens (primary N) is 1.